The summed E-state index contributed by atoms with van der Waals surface area (Å²) in [6.07, 6.45) is 2.86. The Hall–Kier alpha value is -1.42. The molecule has 1 fully saturated rings. The molecule has 0 bridgehead atoms. The molecule has 0 spiro atoms. The van der Waals surface area contributed by atoms with Gasteiger partial charge in [0.05, 0.1) is 10.5 Å². The highest BCUT2D eigenvalue weighted by atomic mass is 32.2. The van der Waals surface area contributed by atoms with Gasteiger partial charge in [-0.1, -0.05) is 25.2 Å². The van der Waals surface area contributed by atoms with E-state index in [-0.39, 0.29) is 23.1 Å². The molecule has 21 heavy (non-hydrogen) atoms. The number of rotatable bonds is 5. The largest absolute Gasteiger partial charge is 0.384 e. The average molecular weight is 311 g/mol. The number of aliphatic hydroxyl groups is 1. The van der Waals surface area contributed by atoms with Crippen molar-refractivity contribution in [1.29, 1.82) is 0 Å². The van der Waals surface area contributed by atoms with E-state index < -0.39 is 15.8 Å². The van der Waals surface area contributed by atoms with Crippen LogP contribution >= 0.6 is 0 Å². The summed E-state index contributed by atoms with van der Waals surface area (Å²) in [6, 6.07) is 3.56. The molecule has 0 radical (unpaired) electrons. The van der Waals surface area contributed by atoms with Gasteiger partial charge in [0.25, 0.3) is 0 Å². The fraction of sp³-hybridized carbons (Fsp3) is 0.467. The summed E-state index contributed by atoms with van der Waals surface area (Å²) in [5, 5.41) is 8.57. The van der Waals surface area contributed by atoms with Crippen LogP contribution in [0.1, 0.15) is 31.7 Å². The van der Waals surface area contributed by atoms with Crippen LogP contribution in [0.5, 0.6) is 0 Å². The molecule has 0 amide bonds. The van der Waals surface area contributed by atoms with Crippen molar-refractivity contribution in [2.45, 2.75) is 37.1 Å². The Labute approximate surface area is 124 Å². The minimum Gasteiger partial charge on any atom is -0.384 e. The van der Waals surface area contributed by atoms with Crippen molar-refractivity contribution in [3.05, 3.63) is 29.6 Å². The molecule has 1 aliphatic carbocycles. The molecule has 114 valence electrons. The van der Waals surface area contributed by atoms with E-state index >= 15 is 0 Å². The Morgan fingerprint density at radius 1 is 1.48 bits per heavy atom. The number of hydrogen-bond acceptors (Lipinski definition) is 3. The van der Waals surface area contributed by atoms with Gasteiger partial charge >= 0.3 is 0 Å². The first kappa shape index (κ1) is 16.0. The zero-order valence-corrected chi connectivity index (χ0v) is 12.6. The molecule has 6 heteroatoms. The lowest BCUT2D eigenvalue weighted by Gasteiger charge is -2.07. The third-order valence-electron chi connectivity index (χ3n) is 3.44. The first-order chi connectivity index (χ1) is 9.97. The monoisotopic (exact) mass is 311 g/mol. The molecule has 0 aliphatic heterocycles. The summed E-state index contributed by atoms with van der Waals surface area (Å²) >= 11 is 0. The van der Waals surface area contributed by atoms with Crippen LogP contribution in [0.25, 0.3) is 0 Å². The van der Waals surface area contributed by atoms with Crippen molar-refractivity contribution in [2.75, 3.05) is 6.61 Å². The molecule has 1 aromatic rings. The second-order valence-corrected chi connectivity index (χ2v) is 6.83. The fourth-order valence-electron chi connectivity index (χ4n) is 2.25. The molecule has 1 aliphatic rings. The third kappa shape index (κ3) is 4.03. The van der Waals surface area contributed by atoms with Crippen molar-refractivity contribution < 1.29 is 17.9 Å². The molecule has 0 aromatic heterocycles. The Bertz CT molecular complexity index is 676. The van der Waals surface area contributed by atoms with Gasteiger partial charge < -0.3 is 5.11 Å². The minimum atomic E-state index is -3.70. The van der Waals surface area contributed by atoms with E-state index in [2.05, 4.69) is 23.5 Å². The number of aliphatic hydroxyl groups excluding tert-OH is 1. The summed E-state index contributed by atoms with van der Waals surface area (Å²) < 4.78 is 40.7. The number of benzene rings is 1. The van der Waals surface area contributed by atoms with E-state index in [9.17, 15) is 12.8 Å². The molecule has 2 unspecified atom stereocenters. The van der Waals surface area contributed by atoms with Gasteiger partial charge in [-0.25, -0.2) is 17.5 Å². The first-order valence-corrected chi connectivity index (χ1v) is 8.38. The average Bonchev–Trinajstić information content (AvgIpc) is 3.14. The molecular formula is C15H18FNO3S. The van der Waals surface area contributed by atoms with Crippen molar-refractivity contribution in [1.82, 2.24) is 4.72 Å². The van der Waals surface area contributed by atoms with Crippen molar-refractivity contribution >= 4 is 10.0 Å². The number of sulfonamides is 1. The van der Waals surface area contributed by atoms with Gasteiger partial charge in [-0.15, -0.1) is 0 Å². The van der Waals surface area contributed by atoms with Crippen molar-refractivity contribution in [3.63, 3.8) is 0 Å². The summed E-state index contributed by atoms with van der Waals surface area (Å²) in [6.45, 7) is 1.69. The van der Waals surface area contributed by atoms with Crippen LogP contribution in [0.2, 0.25) is 0 Å². The third-order valence-corrected chi connectivity index (χ3v) is 4.93. The Kier molecular flexibility index (Phi) is 4.99. The Morgan fingerprint density at radius 2 is 2.24 bits per heavy atom. The molecule has 0 saturated heterocycles. The molecule has 2 rings (SSSR count). The Balaban J connectivity index is 2.12. The van der Waals surface area contributed by atoms with Gasteiger partial charge in [0.1, 0.15) is 12.4 Å². The maximum atomic E-state index is 13.8. The standard InChI is InChI=1S/C15H18FNO3S/c1-2-4-12-9-15(12)17-21(19,20)13-7-6-11(5-3-8-18)14(16)10-13/h6-7,10,12,15,17-18H,2,4,8-9H2,1H3. The molecule has 4 nitrogen and oxygen atoms in total. The van der Waals surface area contributed by atoms with Crippen LogP contribution in [0.4, 0.5) is 4.39 Å². The van der Waals surface area contributed by atoms with E-state index in [1.165, 1.54) is 12.1 Å². The van der Waals surface area contributed by atoms with Crippen LogP contribution < -0.4 is 4.72 Å². The maximum Gasteiger partial charge on any atom is 0.240 e. The SMILES string of the molecule is CCCC1CC1NS(=O)(=O)c1ccc(C#CCO)c(F)c1. The van der Waals surface area contributed by atoms with Gasteiger partial charge in [0, 0.05) is 6.04 Å². The summed E-state index contributed by atoms with van der Waals surface area (Å²) in [4.78, 5) is -0.100. The van der Waals surface area contributed by atoms with E-state index in [1.54, 1.807) is 0 Å². The van der Waals surface area contributed by atoms with E-state index in [1.807, 2.05) is 0 Å². The normalized spacial score (nSPS) is 20.7. The molecular weight excluding hydrogens is 293 g/mol. The number of hydrogen-bond donors (Lipinski definition) is 2. The van der Waals surface area contributed by atoms with Gasteiger partial charge in [-0.2, -0.15) is 0 Å². The summed E-state index contributed by atoms with van der Waals surface area (Å²) in [7, 11) is -3.70. The Morgan fingerprint density at radius 3 is 2.86 bits per heavy atom. The zero-order chi connectivity index (χ0) is 15.5. The minimum absolute atomic E-state index is 0.0353. The van der Waals surface area contributed by atoms with Crippen LogP contribution in [0, 0.1) is 23.6 Å². The highest BCUT2D eigenvalue weighted by Gasteiger charge is 2.39. The predicted octanol–water partition coefficient (Wildman–Crippen LogP) is 1.64. The first-order valence-electron chi connectivity index (χ1n) is 6.89. The van der Waals surface area contributed by atoms with Crippen LogP contribution in [-0.4, -0.2) is 26.2 Å². The lowest BCUT2D eigenvalue weighted by molar-refractivity contribution is 0.350. The summed E-state index contributed by atoms with van der Waals surface area (Å²) in [5.74, 6) is 4.44. The maximum absolute atomic E-state index is 13.8. The van der Waals surface area contributed by atoms with E-state index in [4.69, 9.17) is 5.11 Å². The lowest BCUT2D eigenvalue weighted by atomic mass is 10.2. The van der Waals surface area contributed by atoms with Crippen LogP contribution in [0.15, 0.2) is 23.1 Å². The highest BCUT2D eigenvalue weighted by molar-refractivity contribution is 7.89. The van der Waals surface area contributed by atoms with E-state index in [0.29, 0.717) is 5.92 Å². The van der Waals surface area contributed by atoms with Crippen LogP contribution in [0.3, 0.4) is 0 Å². The molecule has 1 saturated carbocycles. The quantitative estimate of drug-likeness (QED) is 0.812. The summed E-state index contributed by atoms with van der Waals surface area (Å²) in [5.41, 5.74) is 0.0679. The molecule has 2 N–H and O–H groups in total. The number of nitrogens with one attached hydrogen (secondary N) is 1. The smallest absolute Gasteiger partial charge is 0.240 e. The van der Waals surface area contributed by atoms with Gasteiger partial charge in [-0.3, -0.25) is 0 Å². The fourth-order valence-corrected chi connectivity index (χ4v) is 3.58. The van der Waals surface area contributed by atoms with Crippen molar-refractivity contribution in [2.24, 2.45) is 5.92 Å². The molecule has 2 atom stereocenters. The van der Waals surface area contributed by atoms with Gasteiger partial charge in [0.2, 0.25) is 10.0 Å². The van der Waals surface area contributed by atoms with Gasteiger partial charge in [0.15, 0.2) is 0 Å². The topological polar surface area (TPSA) is 66.4 Å². The zero-order valence-electron chi connectivity index (χ0n) is 11.8. The number of halogens is 1. The highest BCUT2D eigenvalue weighted by Crippen LogP contribution is 2.35. The lowest BCUT2D eigenvalue weighted by Crippen LogP contribution is -2.27. The predicted molar refractivity (Wildman–Crippen MR) is 77.5 cm³/mol. The second-order valence-electron chi connectivity index (χ2n) is 5.11. The van der Waals surface area contributed by atoms with E-state index in [0.717, 1.165) is 25.3 Å². The second kappa shape index (κ2) is 6.56. The van der Waals surface area contributed by atoms with Crippen LogP contribution in [-0.2, 0) is 10.0 Å². The molecule has 1 aromatic carbocycles. The van der Waals surface area contributed by atoms with Crippen molar-refractivity contribution in [3.8, 4) is 11.8 Å². The molecule has 0 heterocycles. The van der Waals surface area contributed by atoms with Gasteiger partial charge in [-0.05, 0) is 37.0 Å².